The summed E-state index contributed by atoms with van der Waals surface area (Å²) in [4.78, 5) is 39.7. The number of nitrogens with zero attached hydrogens (tertiary/aromatic N) is 3. The average molecular weight is 557 g/mol. The predicted octanol–water partition coefficient (Wildman–Crippen LogP) is 3.33. The summed E-state index contributed by atoms with van der Waals surface area (Å²) in [6.45, 7) is -0.257. The van der Waals surface area contributed by atoms with E-state index in [9.17, 15) is 28.1 Å². The lowest BCUT2D eigenvalue weighted by atomic mass is 10.2. The van der Waals surface area contributed by atoms with Gasteiger partial charge in [0.2, 0.25) is 0 Å². The number of carbonyl (C=O) groups is 2. The highest BCUT2D eigenvalue weighted by atomic mass is 32.2. The second-order valence-electron chi connectivity index (χ2n) is 7.73. The van der Waals surface area contributed by atoms with Crippen LogP contribution in [0.1, 0.15) is 10.4 Å². The first kappa shape index (κ1) is 26.5. The van der Waals surface area contributed by atoms with Crippen LogP contribution in [0, 0.1) is 10.1 Å². The number of nitro benzene ring substituents is 1. The smallest absolute Gasteiger partial charge is 0.325 e. The maximum atomic E-state index is 12.9. The number of sulfonamides is 1. The van der Waals surface area contributed by atoms with Gasteiger partial charge in [-0.3, -0.25) is 24.4 Å². The molecule has 0 bridgehead atoms. The van der Waals surface area contributed by atoms with Crippen molar-refractivity contribution in [1.82, 2.24) is 4.57 Å². The minimum atomic E-state index is -3.87. The minimum absolute atomic E-state index is 0.0358. The van der Waals surface area contributed by atoms with Crippen molar-refractivity contribution in [3.05, 3.63) is 87.2 Å². The van der Waals surface area contributed by atoms with Gasteiger partial charge in [0.1, 0.15) is 12.3 Å². The van der Waals surface area contributed by atoms with Crippen LogP contribution in [0.3, 0.4) is 0 Å². The number of esters is 1. The number of fused-ring (bicyclic) bond motifs is 1. The molecule has 0 atom stereocenters. The highest BCUT2D eigenvalue weighted by Gasteiger charge is 2.17. The summed E-state index contributed by atoms with van der Waals surface area (Å²) in [5, 5.41) is 11.1. The normalized spacial score (nSPS) is 11.8. The van der Waals surface area contributed by atoms with E-state index in [0.29, 0.717) is 16.0 Å². The van der Waals surface area contributed by atoms with Crippen LogP contribution in [0.15, 0.2) is 76.6 Å². The van der Waals surface area contributed by atoms with Crippen LogP contribution in [0.4, 0.5) is 11.4 Å². The van der Waals surface area contributed by atoms with Crippen LogP contribution in [0.5, 0.6) is 5.75 Å². The topological polar surface area (TPSA) is 159 Å². The second kappa shape index (κ2) is 10.8. The van der Waals surface area contributed by atoms with Gasteiger partial charge in [-0.15, -0.1) is 0 Å². The average Bonchev–Trinajstić information content (AvgIpc) is 3.24. The molecule has 0 fully saturated rings. The zero-order valence-corrected chi connectivity index (χ0v) is 21.6. The van der Waals surface area contributed by atoms with Crippen molar-refractivity contribution in [2.75, 3.05) is 18.9 Å². The maximum Gasteiger partial charge on any atom is 0.325 e. The fourth-order valence-corrected chi connectivity index (χ4v) is 5.53. The Morgan fingerprint density at radius 3 is 2.34 bits per heavy atom. The number of rotatable bonds is 8. The van der Waals surface area contributed by atoms with E-state index in [4.69, 9.17) is 9.47 Å². The van der Waals surface area contributed by atoms with Gasteiger partial charge in [-0.2, -0.15) is 4.99 Å². The van der Waals surface area contributed by atoms with Gasteiger partial charge >= 0.3 is 5.97 Å². The van der Waals surface area contributed by atoms with Crippen LogP contribution in [0.2, 0.25) is 0 Å². The van der Waals surface area contributed by atoms with E-state index < -0.39 is 26.8 Å². The van der Waals surface area contributed by atoms with Crippen molar-refractivity contribution >= 4 is 54.8 Å². The lowest BCUT2D eigenvalue weighted by molar-refractivity contribution is -0.384. The molecule has 0 radical (unpaired) electrons. The van der Waals surface area contributed by atoms with E-state index in [1.807, 2.05) is 0 Å². The molecule has 3 aromatic carbocycles. The SMILES string of the molecule is COC(=O)Cn1c(=NC(=O)c2ccc(NS(=O)(=O)c3ccc(OC)cc3)cc2)sc2cc([N+](=O)[O-])ccc21. The molecule has 1 amide bonds. The Morgan fingerprint density at radius 1 is 1.05 bits per heavy atom. The largest absolute Gasteiger partial charge is 0.497 e. The van der Waals surface area contributed by atoms with Crippen molar-refractivity contribution in [2.24, 2.45) is 4.99 Å². The Hall–Kier alpha value is -4.56. The molecule has 0 unspecified atom stereocenters. The number of non-ortho nitro benzene ring substituents is 1. The summed E-state index contributed by atoms with van der Waals surface area (Å²) < 4.78 is 39.4. The molecular weight excluding hydrogens is 536 g/mol. The van der Waals surface area contributed by atoms with Gasteiger partial charge in [0.25, 0.3) is 21.6 Å². The van der Waals surface area contributed by atoms with Crippen molar-refractivity contribution in [1.29, 1.82) is 0 Å². The van der Waals surface area contributed by atoms with Gasteiger partial charge in [0, 0.05) is 23.4 Å². The van der Waals surface area contributed by atoms with Gasteiger partial charge in [-0.05, 0) is 54.6 Å². The van der Waals surface area contributed by atoms with Gasteiger partial charge in [0.15, 0.2) is 4.80 Å². The van der Waals surface area contributed by atoms with Crippen LogP contribution < -0.4 is 14.3 Å². The number of methoxy groups -OCH3 is 2. The first-order valence-corrected chi connectivity index (χ1v) is 13.1. The Morgan fingerprint density at radius 2 is 1.74 bits per heavy atom. The van der Waals surface area contributed by atoms with Gasteiger partial charge < -0.3 is 14.0 Å². The van der Waals surface area contributed by atoms with Crippen LogP contribution in [-0.2, 0) is 26.1 Å². The van der Waals surface area contributed by atoms with Crippen LogP contribution >= 0.6 is 11.3 Å². The second-order valence-corrected chi connectivity index (χ2v) is 10.4. The molecule has 0 spiro atoms. The first-order valence-electron chi connectivity index (χ1n) is 10.8. The highest BCUT2D eigenvalue weighted by Crippen LogP contribution is 2.24. The molecule has 0 aliphatic heterocycles. The molecule has 0 saturated carbocycles. The number of anilines is 1. The number of ether oxygens (including phenoxy) is 2. The number of carbonyl (C=O) groups excluding carboxylic acids is 2. The Kier molecular flexibility index (Phi) is 7.55. The summed E-state index contributed by atoms with van der Waals surface area (Å²) in [6, 6.07) is 15.6. The Bertz CT molecular complexity index is 1710. The summed E-state index contributed by atoms with van der Waals surface area (Å²) in [5.74, 6) is -0.736. The summed E-state index contributed by atoms with van der Waals surface area (Å²) in [7, 11) is -1.18. The van der Waals surface area contributed by atoms with Crippen molar-refractivity contribution in [2.45, 2.75) is 11.4 Å². The molecule has 1 aromatic heterocycles. The number of nitro groups is 1. The number of benzene rings is 3. The number of hydrogen-bond donors (Lipinski definition) is 1. The Balaban J connectivity index is 1.62. The van der Waals surface area contributed by atoms with E-state index in [-0.39, 0.29) is 33.2 Å². The Labute approximate surface area is 220 Å². The van der Waals surface area contributed by atoms with Crippen LogP contribution in [0.25, 0.3) is 10.2 Å². The van der Waals surface area contributed by atoms with Gasteiger partial charge in [-0.1, -0.05) is 11.3 Å². The highest BCUT2D eigenvalue weighted by molar-refractivity contribution is 7.92. The van der Waals surface area contributed by atoms with E-state index in [2.05, 4.69) is 9.71 Å². The van der Waals surface area contributed by atoms with E-state index in [1.165, 1.54) is 85.5 Å². The van der Waals surface area contributed by atoms with E-state index in [0.717, 1.165) is 11.3 Å². The third kappa shape index (κ3) is 5.71. The number of aromatic nitrogens is 1. The zero-order valence-electron chi connectivity index (χ0n) is 20.0. The number of nitrogens with one attached hydrogen (secondary N) is 1. The zero-order chi connectivity index (χ0) is 27.4. The number of thiazole rings is 1. The van der Waals surface area contributed by atoms with Crippen molar-refractivity contribution in [3.63, 3.8) is 0 Å². The molecule has 1 heterocycles. The van der Waals surface area contributed by atoms with Crippen LogP contribution in [-0.4, -0.2) is 44.0 Å². The third-order valence-electron chi connectivity index (χ3n) is 5.34. The molecule has 1 N–H and O–H groups in total. The standard InChI is InChI=1S/C24H20N4O8S2/c1-35-18-8-10-19(11-9-18)38(33,34)26-16-5-3-15(4-6-16)23(30)25-24-27(14-22(29)36-2)20-12-7-17(28(31)32)13-21(20)37-24/h3-13,26H,14H2,1-2H3. The van der Waals surface area contributed by atoms with Crippen molar-refractivity contribution in [3.8, 4) is 5.75 Å². The summed E-state index contributed by atoms with van der Waals surface area (Å²) in [5.41, 5.74) is 0.716. The molecule has 12 nitrogen and oxygen atoms in total. The summed E-state index contributed by atoms with van der Waals surface area (Å²) in [6.07, 6.45) is 0. The van der Waals surface area contributed by atoms with Crippen molar-refractivity contribution < 1.29 is 32.4 Å². The maximum absolute atomic E-state index is 12.9. The monoisotopic (exact) mass is 556 g/mol. The number of amides is 1. The fraction of sp³-hybridized carbons (Fsp3) is 0.125. The molecule has 196 valence electrons. The molecule has 0 saturated heterocycles. The molecule has 4 aromatic rings. The van der Waals surface area contributed by atoms with E-state index in [1.54, 1.807) is 0 Å². The van der Waals surface area contributed by atoms with Gasteiger partial charge in [-0.25, -0.2) is 8.42 Å². The quantitative estimate of drug-likeness (QED) is 0.197. The molecule has 14 heteroatoms. The third-order valence-corrected chi connectivity index (χ3v) is 7.78. The summed E-state index contributed by atoms with van der Waals surface area (Å²) >= 11 is 1.00. The first-order chi connectivity index (χ1) is 18.1. The molecule has 0 aliphatic rings. The molecular formula is C24H20N4O8S2. The lowest BCUT2D eigenvalue weighted by Gasteiger charge is -2.09. The fourth-order valence-electron chi connectivity index (χ4n) is 3.41. The lowest BCUT2D eigenvalue weighted by Crippen LogP contribution is -2.22. The number of hydrogen-bond acceptors (Lipinski definition) is 9. The predicted molar refractivity (Wildman–Crippen MR) is 139 cm³/mol. The molecule has 4 rings (SSSR count). The molecule has 38 heavy (non-hydrogen) atoms. The van der Waals surface area contributed by atoms with E-state index >= 15 is 0 Å². The minimum Gasteiger partial charge on any atom is -0.497 e. The molecule has 0 aliphatic carbocycles. The van der Waals surface area contributed by atoms with Gasteiger partial charge in [0.05, 0.1) is 34.3 Å².